The van der Waals surface area contributed by atoms with Crippen LogP contribution in [0.1, 0.15) is 56.6 Å². The predicted octanol–water partition coefficient (Wildman–Crippen LogP) is 9.06. The summed E-state index contributed by atoms with van der Waals surface area (Å²) in [6.45, 7) is 1.08. The molecule has 0 bridgehead atoms. The van der Waals surface area contributed by atoms with Crippen LogP contribution in [0.25, 0.3) is 21.8 Å². The van der Waals surface area contributed by atoms with Crippen molar-refractivity contribution < 1.29 is 37.6 Å². The molecule has 0 saturated heterocycles. The molecule has 2 aromatic heterocycles. The normalized spacial score (nSPS) is 15.5. The molecular weight excluding hydrogens is 678 g/mol. The number of fused-ring (bicyclic) bond motifs is 4. The molecule has 2 aliphatic heterocycles. The van der Waals surface area contributed by atoms with Crippen molar-refractivity contribution >= 4 is 27.8 Å². The van der Waals surface area contributed by atoms with Crippen molar-refractivity contribution in [2.75, 3.05) is 0 Å². The third-order valence-corrected chi connectivity index (χ3v) is 8.49. The van der Waals surface area contributed by atoms with E-state index in [9.17, 15) is 13.6 Å². The highest BCUT2D eigenvalue weighted by atomic mass is 19.1. The van der Waals surface area contributed by atoms with Gasteiger partial charge in [0.15, 0.2) is 0 Å². The molecule has 0 radical (unpaired) electrons. The van der Waals surface area contributed by atoms with E-state index in [0.717, 1.165) is 44.2 Å². The van der Waals surface area contributed by atoms with E-state index in [2.05, 4.69) is 16.0 Å². The van der Waals surface area contributed by atoms with Crippen molar-refractivity contribution in [1.29, 1.82) is 0 Å². The van der Waals surface area contributed by atoms with Gasteiger partial charge in [0.1, 0.15) is 23.0 Å². The Morgan fingerprint density at radius 2 is 1.17 bits per heavy atom. The number of aromatic nitrogens is 2. The molecule has 1 N–H and O–H groups in total. The number of esters is 1. The standard InChI is InChI=1S/C18H14FNO2.C18H13NO3.C7H7FO/c19-15-6-3-4-12(8-15)10-21-18-17-14(11-22-18)9-13-5-1-2-7-16(13)20-17;20-17(12-6-2-1-3-7-12)22-18-16-14(11-21-18)10-13-8-4-5-9-15(13)19-16;8-7-3-1-2-6(4-7)5-9/h1-9,18H,10-11H2;1-10,18H,11H2;1-4,9H,5H2. The lowest BCUT2D eigenvalue weighted by Crippen LogP contribution is -2.11. The summed E-state index contributed by atoms with van der Waals surface area (Å²) in [7, 11) is 0. The number of para-hydroxylation sites is 2. The fraction of sp³-hybridized carbons (Fsp3) is 0.140. The van der Waals surface area contributed by atoms with Gasteiger partial charge in [-0.25, -0.2) is 23.5 Å². The molecule has 8 nitrogen and oxygen atoms in total. The molecule has 2 atom stereocenters. The van der Waals surface area contributed by atoms with Crippen LogP contribution in [0.4, 0.5) is 8.78 Å². The second kappa shape index (κ2) is 16.6. The van der Waals surface area contributed by atoms with Gasteiger partial charge in [0.25, 0.3) is 0 Å². The molecule has 266 valence electrons. The third kappa shape index (κ3) is 8.77. The minimum absolute atomic E-state index is 0.0994. The van der Waals surface area contributed by atoms with Crippen LogP contribution in [0.2, 0.25) is 0 Å². The Kier molecular flexibility index (Phi) is 11.1. The van der Waals surface area contributed by atoms with Crippen LogP contribution in [-0.2, 0) is 45.4 Å². The first-order valence-electron chi connectivity index (χ1n) is 16.9. The first kappa shape index (κ1) is 35.5. The average Bonchev–Trinajstić information content (AvgIpc) is 3.78. The number of carbonyl (C=O) groups is 1. The number of benzene rings is 5. The molecule has 10 heteroatoms. The number of rotatable bonds is 6. The lowest BCUT2D eigenvalue weighted by atomic mass is 10.1. The van der Waals surface area contributed by atoms with Crippen LogP contribution in [-0.4, -0.2) is 21.0 Å². The fourth-order valence-electron chi connectivity index (χ4n) is 5.87. The molecule has 7 aromatic rings. The Morgan fingerprint density at radius 1 is 0.642 bits per heavy atom. The second-order valence-electron chi connectivity index (χ2n) is 12.2. The van der Waals surface area contributed by atoms with Gasteiger partial charge in [-0.15, -0.1) is 0 Å². The number of hydrogen-bond acceptors (Lipinski definition) is 8. The van der Waals surface area contributed by atoms with E-state index in [-0.39, 0.29) is 24.8 Å². The Bertz CT molecular complexity index is 2360. The molecule has 0 spiro atoms. The molecule has 2 unspecified atom stereocenters. The van der Waals surface area contributed by atoms with Crippen LogP contribution in [0.5, 0.6) is 0 Å². The van der Waals surface area contributed by atoms with E-state index < -0.39 is 18.5 Å². The van der Waals surface area contributed by atoms with E-state index in [4.69, 9.17) is 24.1 Å². The lowest BCUT2D eigenvalue weighted by molar-refractivity contribution is -0.147. The zero-order chi connectivity index (χ0) is 36.6. The molecule has 2 aliphatic rings. The van der Waals surface area contributed by atoms with E-state index >= 15 is 0 Å². The highest BCUT2D eigenvalue weighted by Crippen LogP contribution is 2.34. The van der Waals surface area contributed by atoms with Crippen molar-refractivity contribution in [2.24, 2.45) is 0 Å². The number of halogens is 2. The average molecular weight is 713 g/mol. The SMILES string of the molecule is Fc1cccc(COC2OCc3cc4ccccc4nc32)c1.O=C(OC1OCc2cc3ccccc3nc21)c1ccccc1.OCc1cccc(F)c1. The second-order valence-corrected chi connectivity index (χ2v) is 12.2. The van der Waals surface area contributed by atoms with Crippen molar-refractivity contribution in [2.45, 2.75) is 39.0 Å². The first-order valence-corrected chi connectivity index (χ1v) is 16.9. The summed E-state index contributed by atoms with van der Waals surface area (Å²) in [4.78, 5) is 21.4. The van der Waals surface area contributed by atoms with Crippen LogP contribution in [0.3, 0.4) is 0 Å². The van der Waals surface area contributed by atoms with Gasteiger partial charge in [0.2, 0.25) is 12.6 Å². The highest BCUT2D eigenvalue weighted by Gasteiger charge is 2.29. The molecule has 5 aromatic carbocycles. The minimum Gasteiger partial charge on any atom is -0.426 e. The number of ether oxygens (including phenoxy) is 4. The van der Waals surface area contributed by atoms with Gasteiger partial charge in [-0.05, 0) is 71.8 Å². The van der Waals surface area contributed by atoms with Gasteiger partial charge in [-0.1, -0.05) is 78.9 Å². The molecule has 0 fully saturated rings. The zero-order valence-electron chi connectivity index (χ0n) is 28.4. The number of pyridine rings is 2. The van der Waals surface area contributed by atoms with Gasteiger partial charge in [0, 0.05) is 21.9 Å². The Labute approximate surface area is 304 Å². The maximum atomic E-state index is 13.2. The third-order valence-electron chi connectivity index (χ3n) is 8.49. The summed E-state index contributed by atoms with van der Waals surface area (Å²) in [6.07, 6.45) is -1.24. The van der Waals surface area contributed by atoms with Crippen LogP contribution in [0.15, 0.2) is 140 Å². The molecule has 4 heterocycles. The van der Waals surface area contributed by atoms with Crippen LogP contribution < -0.4 is 0 Å². The summed E-state index contributed by atoms with van der Waals surface area (Å²) in [5.41, 5.74) is 7.18. The molecule has 0 saturated carbocycles. The maximum Gasteiger partial charge on any atom is 0.340 e. The fourth-order valence-corrected chi connectivity index (χ4v) is 5.87. The summed E-state index contributed by atoms with van der Waals surface area (Å²) in [5.74, 6) is -0.979. The lowest BCUT2D eigenvalue weighted by Gasteiger charge is -2.12. The van der Waals surface area contributed by atoms with Crippen molar-refractivity contribution in [1.82, 2.24) is 9.97 Å². The number of hydrogen-bond donors (Lipinski definition) is 1. The minimum atomic E-state index is -0.743. The van der Waals surface area contributed by atoms with Gasteiger partial charge < -0.3 is 24.1 Å². The van der Waals surface area contributed by atoms with Gasteiger partial charge >= 0.3 is 5.97 Å². The largest absolute Gasteiger partial charge is 0.426 e. The predicted molar refractivity (Wildman–Crippen MR) is 194 cm³/mol. The zero-order valence-corrected chi connectivity index (χ0v) is 28.4. The maximum absolute atomic E-state index is 13.2. The summed E-state index contributed by atoms with van der Waals surface area (Å²) >= 11 is 0. The molecule has 0 aliphatic carbocycles. The smallest absolute Gasteiger partial charge is 0.340 e. The van der Waals surface area contributed by atoms with E-state index in [1.165, 1.54) is 24.3 Å². The quantitative estimate of drug-likeness (QED) is 0.171. The molecule has 9 rings (SSSR count). The molecule has 0 amide bonds. The van der Waals surface area contributed by atoms with E-state index in [1.54, 1.807) is 42.5 Å². The van der Waals surface area contributed by atoms with E-state index in [1.807, 2.05) is 66.7 Å². The van der Waals surface area contributed by atoms with E-state index in [0.29, 0.717) is 30.0 Å². The number of aliphatic hydroxyl groups is 1. The van der Waals surface area contributed by atoms with Gasteiger partial charge in [-0.3, -0.25) is 0 Å². The van der Waals surface area contributed by atoms with Gasteiger partial charge in [0.05, 0.1) is 43.0 Å². The number of aliphatic hydroxyl groups excluding tert-OH is 1. The number of nitrogens with zero attached hydrogens (tertiary/aromatic N) is 2. The monoisotopic (exact) mass is 712 g/mol. The Hall–Kier alpha value is -5.91. The topological polar surface area (TPSA) is 100 Å². The van der Waals surface area contributed by atoms with Crippen LogP contribution in [0, 0.1) is 11.6 Å². The summed E-state index contributed by atoms with van der Waals surface area (Å²) < 4.78 is 47.9. The summed E-state index contributed by atoms with van der Waals surface area (Å²) in [5, 5.41) is 10.6. The summed E-state index contributed by atoms with van der Waals surface area (Å²) in [6, 6.07) is 41.1. The molecule has 53 heavy (non-hydrogen) atoms. The Morgan fingerprint density at radius 3 is 1.75 bits per heavy atom. The van der Waals surface area contributed by atoms with Gasteiger partial charge in [-0.2, -0.15) is 0 Å². The Balaban J connectivity index is 0.000000134. The van der Waals surface area contributed by atoms with Crippen LogP contribution >= 0.6 is 0 Å². The molecular formula is C43H34F2N2O6. The van der Waals surface area contributed by atoms with Crippen molar-refractivity contribution in [3.05, 3.63) is 190 Å². The highest BCUT2D eigenvalue weighted by molar-refractivity contribution is 5.89. The number of carbonyl (C=O) groups excluding carboxylic acids is 1. The first-order chi connectivity index (χ1) is 25.9. The van der Waals surface area contributed by atoms with Crippen molar-refractivity contribution in [3.8, 4) is 0 Å². The van der Waals surface area contributed by atoms with Crippen molar-refractivity contribution in [3.63, 3.8) is 0 Å².